The van der Waals surface area contributed by atoms with Crippen LogP contribution in [0.25, 0.3) is 11.2 Å². The number of nitrogens with zero attached hydrogens (tertiary/aromatic N) is 4. The number of aromatic nitrogens is 4. The smallest absolute Gasteiger partial charge is 0.425 e. The number of amides is 2. The molecule has 1 aliphatic rings. The number of rotatable bonds is 30. The average Bonchev–Trinajstić information content (AvgIpc) is 0.963. The molecule has 108 heavy (non-hydrogen) atoms. The largest absolute Gasteiger partial charge is 0.452 e. The van der Waals surface area contributed by atoms with Crippen LogP contribution in [-0.2, 0) is 37.8 Å². The van der Waals surface area contributed by atoms with Crippen LogP contribution >= 0.6 is 7.75 Å². The van der Waals surface area contributed by atoms with Gasteiger partial charge in [-0.3, -0.25) is 29.1 Å². The lowest BCUT2D eigenvalue weighted by molar-refractivity contribution is -0.123. The lowest BCUT2D eigenvalue weighted by Gasteiger charge is -2.42. The van der Waals surface area contributed by atoms with E-state index in [0.717, 1.165) is 0 Å². The summed E-state index contributed by atoms with van der Waals surface area (Å²) in [6.45, 7) is 8.69. The fourth-order valence-electron chi connectivity index (χ4n) is 12.6. The van der Waals surface area contributed by atoms with E-state index in [1.54, 1.807) is 243 Å². The van der Waals surface area contributed by atoms with Gasteiger partial charge in [0.25, 0.3) is 5.91 Å². The van der Waals surface area contributed by atoms with E-state index < -0.39 is 106 Å². The molecule has 11 aromatic rings. The van der Waals surface area contributed by atoms with Crippen LogP contribution in [0.2, 0.25) is 18.1 Å². The van der Waals surface area contributed by atoms with Crippen molar-refractivity contribution in [3.05, 3.63) is 318 Å². The summed E-state index contributed by atoms with van der Waals surface area (Å²) in [5.74, 6) is -4.97. The maximum atomic E-state index is 16.6. The summed E-state index contributed by atoms with van der Waals surface area (Å²) in [5, 5.41) is 9.37. The van der Waals surface area contributed by atoms with Crippen molar-refractivity contribution in [2.45, 2.75) is 95.3 Å². The van der Waals surface area contributed by atoms with Gasteiger partial charge in [-0.1, -0.05) is 187 Å². The second-order valence-electron chi connectivity index (χ2n) is 25.6. The molecule has 1 fully saturated rings. The van der Waals surface area contributed by atoms with Crippen molar-refractivity contribution in [2.24, 2.45) is 5.92 Å². The zero-order chi connectivity index (χ0) is 75.8. The minimum absolute atomic E-state index is 0.0289. The number of hydrogen-bond donors (Lipinski definition) is 3. The summed E-state index contributed by atoms with van der Waals surface area (Å²) in [6.07, 6.45) is -3.24. The Kier molecular flexibility index (Phi) is 24.3. The van der Waals surface area contributed by atoms with Crippen molar-refractivity contribution in [1.29, 1.82) is 0 Å². The molecule has 3 heterocycles. The average molecular weight is 1490 g/mol. The summed E-state index contributed by atoms with van der Waals surface area (Å²) in [7, 11) is -8.19. The van der Waals surface area contributed by atoms with Gasteiger partial charge < -0.3 is 38.0 Å². The summed E-state index contributed by atoms with van der Waals surface area (Å²) in [6, 6.07) is 70.0. The van der Waals surface area contributed by atoms with Gasteiger partial charge in [-0.05, 0) is 150 Å². The Morgan fingerprint density at radius 2 is 0.889 bits per heavy atom. The highest BCUT2D eigenvalue weighted by Gasteiger charge is 2.53. The Labute approximate surface area is 624 Å². The van der Waals surface area contributed by atoms with E-state index in [0.29, 0.717) is 63.5 Å². The van der Waals surface area contributed by atoms with Crippen LogP contribution in [0.3, 0.4) is 0 Å². The summed E-state index contributed by atoms with van der Waals surface area (Å²) < 4.78 is 69.1. The van der Waals surface area contributed by atoms with E-state index in [1.807, 2.05) is 34.6 Å². The molecule has 0 saturated carbocycles. The molecule has 23 nitrogen and oxygen atoms in total. The molecular weight excluding hydrogens is 1410 g/mol. The van der Waals surface area contributed by atoms with Crippen molar-refractivity contribution in [3.8, 4) is 17.2 Å². The number of ether oxygens (including phenoxy) is 6. The minimum Gasteiger partial charge on any atom is -0.452 e. The first-order chi connectivity index (χ1) is 52.4. The third kappa shape index (κ3) is 17.5. The summed E-state index contributed by atoms with van der Waals surface area (Å²) in [5.41, 5.74) is 1.43. The first-order valence-electron chi connectivity index (χ1n) is 35.3. The fourth-order valence-corrected chi connectivity index (χ4v) is 18.9. The van der Waals surface area contributed by atoms with Gasteiger partial charge >= 0.3 is 37.6 Å². The SMILES string of the molecule is CCC(C)[C@H](NC(c1ccc(OC(=O)c2ccccc2)cc1)(c1ccc(OC(=O)c2ccccc2)cc1)c1ccc(OC(=O)c2ccccc2)cc1)C(=O)NP(=O)(OC[C@H]1O[C@@H](n2cnc3c(NC(=O)c4ccccc4)ncnc32)[C@H](OC(=O)c2ccccc2)[C@@H]1OC(=O)c1ccccc1)O[Si](CC)(CC)CC. The van der Waals surface area contributed by atoms with Gasteiger partial charge in [-0.15, -0.1) is 0 Å². The highest BCUT2D eigenvalue weighted by molar-refractivity contribution is 7.54. The number of hydrogen-bond acceptors (Lipinski definition) is 20. The van der Waals surface area contributed by atoms with Crippen LogP contribution < -0.4 is 29.9 Å². The van der Waals surface area contributed by atoms with E-state index >= 15 is 9.36 Å². The Bertz CT molecular complexity index is 4750. The molecule has 0 bridgehead atoms. The van der Waals surface area contributed by atoms with E-state index in [4.69, 9.17) is 37.2 Å². The third-order valence-electron chi connectivity index (χ3n) is 19.0. The molecule has 2 unspecified atom stereocenters. The molecule has 2 amide bonds. The monoisotopic (exact) mass is 1490 g/mol. The number of fused-ring (bicyclic) bond motifs is 1. The van der Waals surface area contributed by atoms with Gasteiger partial charge in [0.05, 0.1) is 52.3 Å². The fraction of sp³-hybridized carbons (Fsp3) is 0.205. The Morgan fingerprint density at radius 3 is 1.29 bits per heavy atom. The summed E-state index contributed by atoms with van der Waals surface area (Å²) in [4.78, 5) is 113. The molecule has 1 saturated heterocycles. The predicted octanol–water partition coefficient (Wildman–Crippen LogP) is 15.3. The van der Waals surface area contributed by atoms with Crippen LogP contribution in [0.1, 0.15) is 126 Å². The predicted molar refractivity (Wildman–Crippen MR) is 405 cm³/mol. The first kappa shape index (κ1) is 75.8. The molecule has 0 spiro atoms. The third-order valence-corrected chi connectivity index (χ3v) is 26.3. The normalized spacial score (nSPS) is 16.0. The Balaban J connectivity index is 0.951. The Hall–Kier alpha value is -11.9. The van der Waals surface area contributed by atoms with E-state index in [-0.39, 0.29) is 45.4 Å². The topological polar surface area (TPSA) is 290 Å². The maximum Gasteiger partial charge on any atom is 0.425 e. The lowest BCUT2D eigenvalue weighted by atomic mass is 9.75. The van der Waals surface area contributed by atoms with E-state index in [2.05, 4.69) is 30.7 Å². The molecule has 2 aromatic heterocycles. The number of anilines is 1. The second-order valence-corrected chi connectivity index (χ2v) is 32.3. The number of carbonyl (C=O) groups excluding carboxylic acids is 7. The zero-order valence-electron chi connectivity index (χ0n) is 59.7. The van der Waals surface area contributed by atoms with Crippen LogP contribution in [0.5, 0.6) is 17.2 Å². The highest BCUT2D eigenvalue weighted by atomic mass is 31.2. The quantitative estimate of drug-likeness (QED) is 0.0124. The molecule has 3 N–H and O–H groups in total. The van der Waals surface area contributed by atoms with E-state index in [1.165, 1.54) is 29.4 Å². The zero-order valence-corrected chi connectivity index (χ0v) is 61.6. The summed E-state index contributed by atoms with van der Waals surface area (Å²) >= 11 is 0. The molecular formula is C83H78N7O16PSi. The maximum absolute atomic E-state index is 16.6. The molecule has 25 heteroatoms. The van der Waals surface area contributed by atoms with Crippen LogP contribution in [-0.4, -0.2) is 100 Å². The number of benzene rings is 9. The van der Waals surface area contributed by atoms with Gasteiger partial charge in [-0.25, -0.2) is 43.5 Å². The molecule has 0 radical (unpaired) electrons. The van der Waals surface area contributed by atoms with Crippen molar-refractivity contribution in [2.75, 3.05) is 11.9 Å². The van der Waals surface area contributed by atoms with Crippen LogP contribution in [0, 0.1) is 5.92 Å². The van der Waals surface area contributed by atoms with Crippen LogP contribution in [0.15, 0.2) is 267 Å². The molecule has 12 rings (SSSR count). The molecule has 0 aliphatic carbocycles. The van der Waals surface area contributed by atoms with Gasteiger partial charge in [0.15, 0.2) is 35.4 Å². The van der Waals surface area contributed by atoms with Gasteiger partial charge in [-0.2, -0.15) is 0 Å². The first-order valence-corrected chi connectivity index (χ1v) is 39.4. The molecule has 550 valence electrons. The van der Waals surface area contributed by atoms with Crippen LogP contribution in [0.4, 0.5) is 5.82 Å². The van der Waals surface area contributed by atoms with Gasteiger partial charge in [0, 0.05) is 5.56 Å². The Morgan fingerprint density at radius 1 is 0.500 bits per heavy atom. The lowest BCUT2D eigenvalue weighted by Crippen LogP contribution is -2.57. The molecule has 9 aromatic carbocycles. The van der Waals surface area contributed by atoms with Gasteiger partial charge in [0.1, 0.15) is 29.7 Å². The number of carbonyl (C=O) groups is 7. The van der Waals surface area contributed by atoms with Crippen molar-refractivity contribution in [3.63, 3.8) is 0 Å². The highest BCUT2D eigenvalue weighted by Crippen LogP contribution is 2.51. The minimum atomic E-state index is -5.03. The molecule has 7 atom stereocenters. The van der Waals surface area contributed by atoms with Crippen molar-refractivity contribution in [1.82, 2.24) is 29.9 Å². The van der Waals surface area contributed by atoms with Crippen molar-refractivity contribution < 1.29 is 75.3 Å². The molecule has 1 aliphatic heterocycles. The standard InChI is InChI=1S/C83H78N7O16PSi/c1-6-55(5)69(88-83(62-40-46-65(47-41-62)100-78(93)57-30-18-11-19-31-57,63-42-48-66(49-43-63)101-79(94)58-32-20-12-21-33-58)64-44-50-67(51-45-64)102-80(95)59-34-22-13-23-35-59)76(92)89-107(98,106-108(7-2,8-3)9-4)99-52-68-71(104-81(96)60-36-24-14-25-37-60)72(105-82(97)61-38-26-15-27-39-61)77(103-68)90-54-86-70-73(84-53-85-74(70)90)87-75(91)56-28-16-10-17-29-56/h10-51,53-55,68-69,71-72,77,88H,6-9,52H2,1-5H3,(H,89,92,98)(H,84,85,87,91)/t55?,68-,69+,71-,72-,77-,107?/m1/s1. The van der Waals surface area contributed by atoms with E-state index in [9.17, 15) is 28.8 Å². The number of esters is 5. The second kappa shape index (κ2) is 34.6. The number of nitrogens with one attached hydrogen (secondary N) is 3. The number of imidazole rings is 1. The van der Waals surface area contributed by atoms with Gasteiger partial charge in [0.2, 0.25) is 14.2 Å². The van der Waals surface area contributed by atoms with Crippen molar-refractivity contribution >= 4 is 74.7 Å².